The molecule has 0 radical (unpaired) electrons. The zero-order valence-electron chi connectivity index (χ0n) is 9.40. The fraction of sp³-hybridized carbons (Fsp3) is 0.333. The molecule has 5 nitrogen and oxygen atoms in total. The molecule has 0 spiro atoms. The monoisotopic (exact) mass is 233 g/mol. The number of carbonyl (C=O) groups is 2. The van der Waals surface area contributed by atoms with Crippen LogP contribution in [0, 0.1) is 0 Å². The molecular weight excluding hydrogens is 218 g/mol. The molecule has 90 valence electrons. The average molecular weight is 233 g/mol. The fourth-order valence-corrected chi connectivity index (χ4v) is 2.04. The maximum absolute atomic E-state index is 11.7. The lowest BCUT2D eigenvalue weighted by Gasteiger charge is -2.08. The summed E-state index contributed by atoms with van der Waals surface area (Å²) in [6, 6.07) is 5.46. The summed E-state index contributed by atoms with van der Waals surface area (Å²) in [5.41, 5.74) is 13.6. The number of aryl methyl sites for hydroxylation is 1. The van der Waals surface area contributed by atoms with Crippen LogP contribution in [-0.4, -0.2) is 18.4 Å². The molecule has 1 atom stereocenters. The molecule has 5 heteroatoms. The summed E-state index contributed by atoms with van der Waals surface area (Å²) in [5.74, 6) is -0.859. The third-order valence-corrected chi connectivity index (χ3v) is 2.96. The van der Waals surface area contributed by atoms with Crippen molar-refractivity contribution in [3.05, 3.63) is 34.9 Å². The second kappa shape index (κ2) is 4.55. The van der Waals surface area contributed by atoms with Crippen LogP contribution in [0.2, 0.25) is 0 Å². The zero-order valence-corrected chi connectivity index (χ0v) is 9.40. The lowest BCUT2D eigenvalue weighted by atomic mass is 10.0. The van der Waals surface area contributed by atoms with Crippen molar-refractivity contribution in [1.29, 1.82) is 0 Å². The Morgan fingerprint density at radius 2 is 2.18 bits per heavy atom. The molecule has 0 heterocycles. The van der Waals surface area contributed by atoms with Gasteiger partial charge in [-0.3, -0.25) is 9.59 Å². The maximum Gasteiger partial charge on any atom is 0.251 e. The van der Waals surface area contributed by atoms with Crippen LogP contribution in [0.5, 0.6) is 0 Å². The van der Waals surface area contributed by atoms with Crippen molar-refractivity contribution in [2.75, 3.05) is 6.54 Å². The van der Waals surface area contributed by atoms with Crippen LogP contribution in [0.1, 0.15) is 33.9 Å². The van der Waals surface area contributed by atoms with E-state index in [1.807, 2.05) is 6.07 Å². The van der Waals surface area contributed by atoms with E-state index in [1.54, 1.807) is 12.1 Å². The number of nitrogens with two attached hydrogens (primary N) is 2. The Morgan fingerprint density at radius 3 is 2.88 bits per heavy atom. The van der Waals surface area contributed by atoms with Crippen molar-refractivity contribution in [3.63, 3.8) is 0 Å². The molecular formula is C12H15N3O2. The summed E-state index contributed by atoms with van der Waals surface area (Å²) < 4.78 is 0. The first-order valence-corrected chi connectivity index (χ1v) is 5.53. The minimum atomic E-state index is -0.559. The highest BCUT2D eigenvalue weighted by Gasteiger charge is 2.20. The van der Waals surface area contributed by atoms with E-state index in [4.69, 9.17) is 11.5 Å². The number of fused-ring (bicyclic) bond motifs is 1. The summed E-state index contributed by atoms with van der Waals surface area (Å²) in [7, 11) is 0. The minimum absolute atomic E-state index is 0.00823. The van der Waals surface area contributed by atoms with Gasteiger partial charge in [0.2, 0.25) is 5.91 Å². The first-order chi connectivity index (χ1) is 8.08. The predicted molar refractivity (Wildman–Crippen MR) is 63.2 cm³/mol. The molecule has 0 saturated carbocycles. The molecule has 1 aromatic carbocycles. The van der Waals surface area contributed by atoms with Gasteiger partial charge in [0.15, 0.2) is 0 Å². The first kappa shape index (κ1) is 11.6. The number of primary amides is 1. The van der Waals surface area contributed by atoms with Crippen LogP contribution in [0.25, 0.3) is 0 Å². The number of hydrogen-bond acceptors (Lipinski definition) is 3. The van der Waals surface area contributed by atoms with Gasteiger partial charge in [0, 0.05) is 11.6 Å². The minimum Gasteiger partial charge on any atom is -0.368 e. The number of nitrogens with one attached hydrogen (secondary N) is 1. The number of benzene rings is 1. The summed E-state index contributed by atoms with van der Waals surface area (Å²) >= 11 is 0. The van der Waals surface area contributed by atoms with Crippen LogP contribution in [0.15, 0.2) is 18.2 Å². The summed E-state index contributed by atoms with van der Waals surface area (Å²) in [6.45, 7) is -0.151. The number of rotatable bonds is 3. The van der Waals surface area contributed by atoms with Crippen LogP contribution in [0.3, 0.4) is 0 Å². The van der Waals surface area contributed by atoms with Gasteiger partial charge in [0.05, 0.1) is 6.54 Å². The van der Waals surface area contributed by atoms with Crippen molar-refractivity contribution >= 4 is 11.8 Å². The Balaban J connectivity index is 2.14. The van der Waals surface area contributed by atoms with Crippen molar-refractivity contribution in [3.8, 4) is 0 Å². The van der Waals surface area contributed by atoms with Gasteiger partial charge in [-0.15, -0.1) is 0 Å². The van der Waals surface area contributed by atoms with Crippen LogP contribution < -0.4 is 16.8 Å². The summed E-state index contributed by atoms with van der Waals surface area (Å²) in [4.78, 5) is 22.3. The molecule has 0 saturated heterocycles. The molecule has 0 aromatic heterocycles. The maximum atomic E-state index is 11.7. The summed E-state index contributed by atoms with van der Waals surface area (Å²) in [5, 5.41) is 2.45. The van der Waals surface area contributed by atoms with Crippen molar-refractivity contribution < 1.29 is 9.59 Å². The highest BCUT2D eigenvalue weighted by atomic mass is 16.2. The highest BCUT2D eigenvalue weighted by Crippen LogP contribution is 2.29. The van der Waals surface area contributed by atoms with E-state index >= 15 is 0 Å². The lowest BCUT2D eigenvalue weighted by molar-refractivity contribution is -0.117. The SMILES string of the molecule is NC(=O)CNC(=O)c1ccc2c(c1)[C@H](N)CC2. The molecule has 1 aromatic rings. The second-order valence-corrected chi connectivity index (χ2v) is 4.21. The first-order valence-electron chi connectivity index (χ1n) is 5.53. The van der Waals surface area contributed by atoms with E-state index in [-0.39, 0.29) is 18.5 Å². The number of amides is 2. The quantitative estimate of drug-likeness (QED) is 0.677. The van der Waals surface area contributed by atoms with Crippen LogP contribution >= 0.6 is 0 Å². The van der Waals surface area contributed by atoms with Gasteiger partial charge >= 0.3 is 0 Å². The van der Waals surface area contributed by atoms with Gasteiger partial charge < -0.3 is 16.8 Å². The molecule has 1 aliphatic rings. The lowest BCUT2D eigenvalue weighted by Crippen LogP contribution is -2.33. The summed E-state index contributed by atoms with van der Waals surface area (Å²) in [6.07, 6.45) is 1.88. The van der Waals surface area contributed by atoms with Crippen molar-refractivity contribution in [2.45, 2.75) is 18.9 Å². The number of carbonyl (C=O) groups excluding carboxylic acids is 2. The Kier molecular flexibility index (Phi) is 3.10. The van der Waals surface area contributed by atoms with E-state index in [0.29, 0.717) is 5.56 Å². The number of hydrogen-bond donors (Lipinski definition) is 3. The molecule has 2 rings (SSSR count). The molecule has 5 N–H and O–H groups in total. The normalized spacial score (nSPS) is 17.6. The van der Waals surface area contributed by atoms with Gasteiger partial charge in [-0.25, -0.2) is 0 Å². The largest absolute Gasteiger partial charge is 0.368 e. The highest BCUT2D eigenvalue weighted by molar-refractivity contribution is 5.96. The van der Waals surface area contributed by atoms with E-state index in [9.17, 15) is 9.59 Å². The van der Waals surface area contributed by atoms with Gasteiger partial charge in [-0.2, -0.15) is 0 Å². The third kappa shape index (κ3) is 2.45. The Morgan fingerprint density at radius 1 is 1.41 bits per heavy atom. The molecule has 0 aliphatic heterocycles. The Hall–Kier alpha value is -1.88. The molecule has 17 heavy (non-hydrogen) atoms. The van der Waals surface area contributed by atoms with Gasteiger partial charge in [0.1, 0.15) is 0 Å². The van der Waals surface area contributed by atoms with Gasteiger partial charge in [-0.1, -0.05) is 6.07 Å². The van der Waals surface area contributed by atoms with E-state index in [0.717, 1.165) is 18.4 Å². The molecule has 1 aliphatic carbocycles. The second-order valence-electron chi connectivity index (χ2n) is 4.21. The zero-order chi connectivity index (χ0) is 12.4. The average Bonchev–Trinajstić information content (AvgIpc) is 2.67. The topological polar surface area (TPSA) is 98.2 Å². The van der Waals surface area contributed by atoms with Crippen molar-refractivity contribution in [1.82, 2.24) is 5.32 Å². The fourth-order valence-electron chi connectivity index (χ4n) is 2.04. The van der Waals surface area contributed by atoms with Gasteiger partial charge in [-0.05, 0) is 36.1 Å². The predicted octanol–water partition coefficient (Wildman–Crippen LogP) is -0.152. The Bertz CT molecular complexity index is 471. The molecule has 0 unspecified atom stereocenters. The molecule has 0 fully saturated rings. The van der Waals surface area contributed by atoms with E-state index < -0.39 is 5.91 Å². The van der Waals surface area contributed by atoms with E-state index in [1.165, 1.54) is 5.56 Å². The van der Waals surface area contributed by atoms with Crippen LogP contribution in [0.4, 0.5) is 0 Å². The molecule has 2 amide bonds. The van der Waals surface area contributed by atoms with Crippen LogP contribution in [-0.2, 0) is 11.2 Å². The van der Waals surface area contributed by atoms with E-state index in [2.05, 4.69) is 5.32 Å². The Labute approximate surface area is 99.2 Å². The smallest absolute Gasteiger partial charge is 0.251 e. The van der Waals surface area contributed by atoms with Crippen molar-refractivity contribution in [2.24, 2.45) is 11.5 Å². The standard InChI is InChI=1S/C12H15N3O2/c13-10-4-3-7-1-2-8(5-9(7)10)12(17)15-6-11(14)16/h1-2,5,10H,3-4,6,13H2,(H2,14,16)(H,15,17)/t10-/m1/s1. The van der Waals surface area contributed by atoms with Gasteiger partial charge in [0.25, 0.3) is 5.91 Å². The molecule has 0 bridgehead atoms. The third-order valence-electron chi connectivity index (χ3n) is 2.96.